The van der Waals surface area contributed by atoms with Crippen LogP contribution in [0.2, 0.25) is 0 Å². The van der Waals surface area contributed by atoms with Crippen molar-refractivity contribution in [1.82, 2.24) is 5.32 Å². The maximum absolute atomic E-state index is 8.92. The van der Waals surface area contributed by atoms with Crippen LogP contribution in [0.5, 0.6) is 0 Å². The highest BCUT2D eigenvalue weighted by Crippen LogP contribution is 2.22. The average Bonchev–Trinajstić information content (AvgIpc) is 2.39. The first kappa shape index (κ1) is 12.0. The van der Waals surface area contributed by atoms with Crippen LogP contribution in [0.15, 0.2) is 0 Å². The van der Waals surface area contributed by atoms with Gasteiger partial charge in [0.1, 0.15) is 0 Å². The lowest BCUT2D eigenvalue weighted by molar-refractivity contribution is 0.228. The molecule has 14 heavy (non-hydrogen) atoms. The van der Waals surface area contributed by atoms with Gasteiger partial charge in [-0.1, -0.05) is 26.7 Å². The van der Waals surface area contributed by atoms with Crippen molar-refractivity contribution in [2.45, 2.75) is 52.0 Å². The standard InChI is InChI=1S/C12H25NO/c1-10-4-3-5-12(7-6-10)13-8-11(2)9-14/h10-14H,3-9H2,1-2H3. The fraction of sp³-hybridized carbons (Fsp3) is 1.00. The molecule has 0 aliphatic heterocycles. The van der Waals surface area contributed by atoms with Crippen LogP contribution >= 0.6 is 0 Å². The van der Waals surface area contributed by atoms with Crippen LogP contribution in [-0.4, -0.2) is 24.3 Å². The number of hydrogen-bond donors (Lipinski definition) is 2. The van der Waals surface area contributed by atoms with Crippen molar-refractivity contribution in [3.63, 3.8) is 0 Å². The molecule has 0 heterocycles. The number of nitrogens with one attached hydrogen (secondary N) is 1. The Morgan fingerprint density at radius 1 is 1.29 bits per heavy atom. The average molecular weight is 199 g/mol. The lowest BCUT2D eigenvalue weighted by atomic mass is 10.0. The molecule has 0 spiro atoms. The lowest BCUT2D eigenvalue weighted by Crippen LogP contribution is -2.33. The molecule has 1 aliphatic carbocycles. The van der Waals surface area contributed by atoms with Gasteiger partial charge in [0.25, 0.3) is 0 Å². The molecule has 0 amide bonds. The van der Waals surface area contributed by atoms with Crippen LogP contribution in [0.4, 0.5) is 0 Å². The van der Waals surface area contributed by atoms with Crippen molar-refractivity contribution in [3.8, 4) is 0 Å². The van der Waals surface area contributed by atoms with E-state index in [9.17, 15) is 0 Å². The molecular formula is C12H25NO. The summed E-state index contributed by atoms with van der Waals surface area (Å²) in [5, 5.41) is 12.5. The Morgan fingerprint density at radius 2 is 2.07 bits per heavy atom. The molecule has 0 radical (unpaired) electrons. The molecule has 1 fully saturated rings. The van der Waals surface area contributed by atoms with Gasteiger partial charge in [0, 0.05) is 19.2 Å². The van der Waals surface area contributed by atoms with E-state index in [4.69, 9.17) is 5.11 Å². The van der Waals surface area contributed by atoms with Gasteiger partial charge in [0.15, 0.2) is 0 Å². The molecule has 2 N–H and O–H groups in total. The zero-order valence-electron chi connectivity index (χ0n) is 9.63. The number of hydrogen-bond acceptors (Lipinski definition) is 2. The van der Waals surface area contributed by atoms with Crippen LogP contribution in [0.25, 0.3) is 0 Å². The van der Waals surface area contributed by atoms with Crippen molar-refractivity contribution in [3.05, 3.63) is 0 Å². The maximum atomic E-state index is 8.92. The van der Waals surface area contributed by atoms with Crippen molar-refractivity contribution in [2.75, 3.05) is 13.2 Å². The summed E-state index contributed by atoms with van der Waals surface area (Å²) in [6.45, 7) is 5.72. The van der Waals surface area contributed by atoms with Gasteiger partial charge < -0.3 is 10.4 Å². The molecule has 0 aromatic rings. The Kier molecular flexibility index (Phi) is 5.49. The Hall–Kier alpha value is -0.0800. The predicted molar refractivity (Wildman–Crippen MR) is 60.3 cm³/mol. The smallest absolute Gasteiger partial charge is 0.0468 e. The SMILES string of the molecule is CC1CCCC(NCC(C)CO)CC1. The van der Waals surface area contributed by atoms with E-state index in [1.165, 1.54) is 32.1 Å². The minimum absolute atomic E-state index is 0.302. The van der Waals surface area contributed by atoms with E-state index in [-0.39, 0.29) is 0 Å². The summed E-state index contributed by atoms with van der Waals surface area (Å²) >= 11 is 0. The second-order valence-electron chi connectivity index (χ2n) is 5.01. The van der Waals surface area contributed by atoms with Crippen molar-refractivity contribution >= 4 is 0 Å². The second kappa shape index (κ2) is 6.41. The van der Waals surface area contributed by atoms with Gasteiger partial charge in [-0.3, -0.25) is 0 Å². The lowest BCUT2D eigenvalue weighted by Gasteiger charge is -2.18. The van der Waals surface area contributed by atoms with Gasteiger partial charge in [-0.2, -0.15) is 0 Å². The first-order valence-electron chi connectivity index (χ1n) is 6.06. The molecule has 0 aromatic heterocycles. The molecule has 84 valence electrons. The zero-order chi connectivity index (χ0) is 10.4. The molecule has 3 unspecified atom stereocenters. The van der Waals surface area contributed by atoms with Crippen LogP contribution in [0.1, 0.15) is 46.0 Å². The number of aliphatic hydroxyl groups excluding tert-OH is 1. The predicted octanol–water partition coefficient (Wildman–Crippen LogP) is 2.17. The molecule has 0 aromatic carbocycles. The molecule has 0 saturated heterocycles. The molecular weight excluding hydrogens is 174 g/mol. The summed E-state index contributed by atoms with van der Waals surface area (Å²) in [5.74, 6) is 1.31. The maximum Gasteiger partial charge on any atom is 0.0468 e. The fourth-order valence-corrected chi connectivity index (χ4v) is 2.12. The summed E-state index contributed by atoms with van der Waals surface area (Å²) in [6, 6.07) is 0.703. The number of aliphatic hydroxyl groups is 1. The van der Waals surface area contributed by atoms with E-state index in [0.717, 1.165) is 12.5 Å². The summed E-state index contributed by atoms with van der Waals surface area (Å²) in [7, 11) is 0. The van der Waals surface area contributed by atoms with Gasteiger partial charge >= 0.3 is 0 Å². The van der Waals surface area contributed by atoms with E-state index in [2.05, 4.69) is 19.2 Å². The Bertz CT molecular complexity index is 149. The molecule has 1 rings (SSSR count). The highest BCUT2D eigenvalue weighted by atomic mass is 16.3. The Morgan fingerprint density at radius 3 is 2.79 bits per heavy atom. The third-order valence-electron chi connectivity index (χ3n) is 3.32. The first-order valence-corrected chi connectivity index (χ1v) is 6.06. The summed E-state index contributed by atoms with van der Waals surface area (Å²) < 4.78 is 0. The topological polar surface area (TPSA) is 32.3 Å². The first-order chi connectivity index (χ1) is 6.72. The van der Waals surface area contributed by atoms with Gasteiger partial charge in [0.05, 0.1) is 0 Å². The van der Waals surface area contributed by atoms with Crippen LogP contribution in [0, 0.1) is 11.8 Å². The largest absolute Gasteiger partial charge is 0.396 e. The summed E-state index contributed by atoms with van der Waals surface area (Å²) in [4.78, 5) is 0. The Balaban J connectivity index is 2.17. The normalized spacial score (nSPS) is 31.1. The summed E-state index contributed by atoms with van der Waals surface area (Å²) in [6.07, 6.45) is 6.77. The highest BCUT2D eigenvalue weighted by molar-refractivity contribution is 4.73. The molecule has 2 nitrogen and oxygen atoms in total. The van der Waals surface area contributed by atoms with E-state index >= 15 is 0 Å². The minimum atomic E-state index is 0.302. The zero-order valence-corrected chi connectivity index (χ0v) is 9.63. The molecule has 1 saturated carbocycles. The van der Waals surface area contributed by atoms with Crippen molar-refractivity contribution in [1.29, 1.82) is 0 Å². The van der Waals surface area contributed by atoms with Crippen molar-refractivity contribution < 1.29 is 5.11 Å². The van der Waals surface area contributed by atoms with Crippen LogP contribution in [-0.2, 0) is 0 Å². The van der Waals surface area contributed by atoms with Crippen LogP contribution < -0.4 is 5.32 Å². The minimum Gasteiger partial charge on any atom is -0.396 e. The third-order valence-corrected chi connectivity index (χ3v) is 3.32. The molecule has 0 bridgehead atoms. The van der Waals surface area contributed by atoms with Crippen molar-refractivity contribution in [2.24, 2.45) is 11.8 Å². The molecule has 3 atom stereocenters. The van der Waals surface area contributed by atoms with E-state index < -0.39 is 0 Å². The van der Waals surface area contributed by atoms with Gasteiger partial charge in [-0.25, -0.2) is 0 Å². The fourth-order valence-electron chi connectivity index (χ4n) is 2.12. The molecule has 2 heteroatoms. The van der Waals surface area contributed by atoms with Crippen LogP contribution in [0.3, 0.4) is 0 Å². The van der Waals surface area contributed by atoms with Gasteiger partial charge in [-0.15, -0.1) is 0 Å². The Labute approximate surface area is 88.1 Å². The highest BCUT2D eigenvalue weighted by Gasteiger charge is 2.15. The van der Waals surface area contributed by atoms with Gasteiger partial charge in [0.2, 0.25) is 0 Å². The summed E-state index contributed by atoms with van der Waals surface area (Å²) in [5.41, 5.74) is 0. The third kappa shape index (κ3) is 4.43. The van der Waals surface area contributed by atoms with E-state index in [0.29, 0.717) is 18.6 Å². The number of rotatable bonds is 4. The van der Waals surface area contributed by atoms with Gasteiger partial charge in [-0.05, 0) is 31.1 Å². The van der Waals surface area contributed by atoms with E-state index in [1.807, 2.05) is 0 Å². The van der Waals surface area contributed by atoms with E-state index in [1.54, 1.807) is 0 Å². The molecule has 1 aliphatic rings. The monoisotopic (exact) mass is 199 g/mol. The quantitative estimate of drug-likeness (QED) is 0.680. The second-order valence-corrected chi connectivity index (χ2v) is 5.01.